The molecule has 1 aliphatic rings. The monoisotopic (exact) mass is 460 g/mol. The molecular formula is C24H26F2N2O5. The first kappa shape index (κ1) is 24.2. The van der Waals surface area contributed by atoms with E-state index in [1.54, 1.807) is 6.92 Å². The predicted molar refractivity (Wildman–Crippen MR) is 117 cm³/mol. The van der Waals surface area contributed by atoms with Crippen molar-refractivity contribution in [2.45, 2.75) is 50.6 Å². The first-order chi connectivity index (χ1) is 15.8. The van der Waals surface area contributed by atoms with Gasteiger partial charge in [-0.15, -0.1) is 0 Å². The fourth-order valence-electron chi connectivity index (χ4n) is 3.98. The Kier molecular flexibility index (Phi) is 7.97. The van der Waals surface area contributed by atoms with Crippen LogP contribution in [0.1, 0.15) is 43.2 Å². The van der Waals surface area contributed by atoms with E-state index in [4.69, 9.17) is 9.84 Å². The number of fused-ring (bicyclic) bond motifs is 3. The number of benzene rings is 2. The number of ether oxygens (including phenoxy) is 1. The predicted octanol–water partition coefficient (Wildman–Crippen LogP) is 3.92. The third kappa shape index (κ3) is 6.06. The summed E-state index contributed by atoms with van der Waals surface area (Å²) >= 11 is 0. The normalized spacial score (nSPS) is 14.2. The van der Waals surface area contributed by atoms with Gasteiger partial charge < -0.3 is 20.5 Å². The van der Waals surface area contributed by atoms with E-state index in [2.05, 4.69) is 10.6 Å². The number of carboxylic acid groups (broad SMARTS) is 1. The maximum Gasteiger partial charge on any atom is 0.407 e. The van der Waals surface area contributed by atoms with Crippen molar-refractivity contribution in [1.29, 1.82) is 0 Å². The smallest absolute Gasteiger partial charge is 0.407 e. The molecule has 0 saturated carbocycles. The molecule has 0 aliphatic heterocycles. The minimum atomic E-state index is -2.87. The third-order valence-electron chi connectivity index (χ3n) is 5.64. The number of amides is 2. The second-order valence-corrected chi connectivity index (χ2v) is 7.86. The lowest BCUT2D eigenvalue weighted by Crippen LogP contribution is -2.45. The van der Waals surface area contributed by atoms with Crippen LogP contribution >= 0.6 is 0 Å². The van der Waals surface area contributed by atoms with Crippen LogP contribution in [0.3, 0.4) is 0 Å². The zero-order valence-corrected chi connectivity index (χ0v) is 18.1. The second kappa shape index (κ2) is 10.9. The van der Waals surface area contributed by atoms with E-state index in [-0.39, 0.29) is 18.9 Å². The molecule has 9 heteroatoms. The van der Waals surface area contributed by atoms with Crippen LogP contribution in [0.25, 0.3) is 11.1 Å². The Morgan fingerprint density at radius 2 is 1.58 bits per heavy atom. The molecule has 7 nitrogen and oxygen atoms in total. The highest BCUT2D eigenvalue weighted by molar-refractivity contribution is 5.84. The summed E-state index contributed by atoms with van der Waals surface area (Å²) in [5.41, 5.74) is 4.33. The van der Waals surface area contributed by atoms with Crippen molar-refractivity contribution in [3.05, 3.63) is 59.7 Å². The van der Waals surface area contributed by atoms with Gasteiger partial charge in [0.25, 0.3) is 0 Å². The molecule has 0 aromatic heterocycles. The van der Waals surface area contributed by atoms with Crippen LogP contribution in [0.15, 0.2) is 48.5 Å². The van der Waals surface area contributed by atoms with Crippen molar-refractivity contribution in [2.75, 3.05) is 6.61 Å². The topological polar surface area (TPSA) is 105 Å². The molecule has 1 aliphatic carbocycles. The van der Waals surface area contributed by atoms with Gasteiger partial charge in [0, 0.05) is 24.8 Å². The summed E-state index contributed by atoms with van der Waals surface area (Å²) in [5.74, 6) is -2.40. The standard InChI is InChI=1S/C24H26F2N2O5/c1-2-14(11-22(29)28-20(23(30)31)12-21(25)26)27-24(32)33-13-19-17-9-5-3-7-15(17)16-8-4-6-10-18(16)19/h3-10,14,19-21H,2,11-13H2,1H3,(H,27,32)(H,28,29)(H,30,31)/t14-,20?/m0/s1. The summed E-state index contributed by atoms with van der Waals surface area (Å²) in [4.78, 5) is 35.6. The number of carbonyl (C=O) groups is 3. The lowest BCUT2D eigenvalue weighted by molar-refractivity contribution is -0.143. The minimum absolute atomic E-state index is 0.109. The fraction of sp³-hybridized carbons (Fsp3) is 0.375. The number of carboxylic acids is 1. The average Bonchev–Trinajstić information content (AvgIpc) is 3.10. The lowest BCUT2D eigenvalue weighted by atomic mass is 9.98. The van der Waals surface area contributed by atoms with E-state index in [0.717, 1.165) is 22.3 Å². The van der Waals surface area contributed by atoms with Gasteiger partial charge in [-0.3, -0.25) is 4.79 Å². The van der Waals surface area contributed by atoms with Crippen LogP contribution in [0.4, 0.5) is 13.6 Å². The number of alkyl halides is 2. The van der Waals surface area contributed by atoms with Crippen LogP contribution in [0.2, 0.25) is 0 Å². The Balaban J connectivity index is 1.55. The highest BCUT2D eigenvalue weighted by Gasteiger charge is 2.29. The van der Waals surface area contributed by atoms with Crippen molar-refractivity contribution < 1.29 is 33.0 Å². The van der Waals surface area contributed by atoms with E-state index >= 15 is 0 Å². The van der Waals surface area contributed by atoms with Crippen LogP contribution in [-0.2, 0) is 14.3 Å². The highest BCUT2D eigenvalue weighted by atomic mass is 19.3. The molecule has 0 fully saturated rings. The van der Waals surface area contributed by atoms with Gasteiger partial charge in [-0.05, 0) is 28.7 Å². The molecule has 2 aromatic rings. The quantitative estimate of drug-likeness (QED) is 0.499. The Bertz CT molecular complexity index is 968. The van der Waals surface area contributed by atoms with Gasteiger partial charge >= 0.3 is 12.1 Å². The number of nitrogens with one attached hydrogen (secondary N) is 2. The summed E-state index contributed by atoms with van der Waals surface area (Å²) in [6, 6.07) is 13.5. The number of alkyl carbamates (subject to hydrolysis) is 1. The largest absolute Gasteiger partial charge is 0.480 e. The molecule has 0 saturated heterocycles. The Morgan fingerprint density at radius 3 is 2.09 bits per heavy atom. The molecule has 1 unspecified atom stereocenters. The average molecular weight is 460 g/mol. The van der Waals surface area contributed by atoms with Crippen molar-refractivity contribution in [2.24, 2.45) is 0 Å². The molecule has 0 bridgehead atoms. The maximum atomic E-state index is 12.5. The van der Waals surface area contributed by atoms with Gasteiger partial charge in [0.2, 0.25) is 12.3 Å². The number of hydrogen-bond acceptors (Lipinski definition) is 4. The lowest BCUT2D eigenvalue weighted by Gasteiger charge is -2.20. The molecule has 33 heavy (non-hydrogen) atoms. The van der Waals surface area contributed by atoms with E-state index in [0.29, 0.717) is 6.42 Å². The molecule has 3 N–H and O–H groups in total. The zero-order chi connectivity index (χ0) is 24.0. The van der Waals surface area contributed by atoms with Gasteiger partial charge in [-0.1, -0.05) is 55.5 Å². The van der Waals surface area contributed by atoms with Gasteiger partial charge in [-0.2, -0.15) is 0 Å². The Morgan fingerprint density at radius 1 is 1.00 bits per heavy atom. The SMILES string of the molecule is CC[C@@H](CC(=O)NC(CC(F)F)C(=O)O)NC(=O)OCC1c2ccccc2-c2ccccc21. The van der Waals surface area contributed by atoms with Crippen molar-refractivity contribution >= 4 is 18.0 Å². The summed E-state index contributed by atoms with van der Waals surface area (Å²) in [6.45, 7) is 1.84. The maximum absolute atomic E-state index is 12.5. The molecule has 176 valence electrons. The summed E-state index contributed by atoms with van der Waals surface area (Å²) in [7, 11) is 0. The number of halogens is 2. The summed E-state index contributed by atoms with van der Waals surface area (Å²) in [6.07, 6.45) is -4.46. The highest BCUT2D eigenvalue weighted by Crippen LogP contribution is 2.44. The molecule has 2 atom stereocenters. The number of carbonyl (C=O) groups excluding carboxylic acids is 2. The zero-order valence-electron chi connectivity index (χ0n) is 18.1. The minimum Gasteiger partial charge on any atom is -0.480 e. The molecule has 2 amide bonds. The van der Waals surface area contributed by atoms with E-state index in [1.165, 1.54) is 0 Å². The van der Waals surface area contributed by atoms with Crippen LogP contribution < -0.4 is 10.6 Å². The molecule has 0 spiro atoms. The van der Waals surface area contributed by atoms with Gasteiger partial charge in [0.15, 0.2) is 0 Å². The van der Waals surface area contributed by atoms with Gasteiger partial charge in [-0.25, -0.2) is 18.4 Å². The number of aliphatic carboxylic acids is 1. The van der Waals surface area contributed by atoms with E-state index in [9.17, 15) is 23.2 Å². The Labute approximate surface area is 190 Å². The summed E-state index contributed by atoms with van der Waals surface area (Å²) in [5, 5.41) is 13.7. The van der Waals surface area contributed by atoms with Crippen molar-refractivity contribution in [3.63, 3.8) is 0 Å². The first-order valence-electron chi connectivity index (χ1n) is 10.7. The van der Waals surface area contributed by atoms with Crippen LogP contribution in [-0.4, -0.2) is 48.2 Å². The number of hydrogen-bond donors (Lipinski definition) is 3. The van der Waals surface area contributed by atoms with E-state index < -0.39 is 42.9 Å². The molecule has 0 radical (unpaired) electrons. The molecule has 2 aromatic carbocycles. The first-order valence-corrected chi connectivity index (χ1v) is 10.7. The number of rotatable bonds is 10. The van der Waals surface area contributed by atoms with Gasteiger partial charge in [0.05, 0.1) is 0 Å². The Hall–Kier alpha value is -3.49. The van der Waals surface area contributed by atoms with Crippen molar-refractivity contribution in [3.8, 4) is 11.1 Å². The van der Waals surface area contributed by atoms with E-state index in [1.807, 2.05) is 48.5 Å². The van der Waals surface area contributed by atoms with Crippen molar-refractivity contribution in [1.82, 2.24) is 10.6 Å². The molecule has 3 rings (SSSR count). The van der Waals surface area contributed by atoms with Gasteiger partial charge in [0.1, 0.15) is 12.6 Å². The van der Waals surface area contributed by atoms with Crippen LogP contribution in [0.5, 0.6) is 0 Å². The summed E-state index contributed by atoms with van der Waals surface area (Å²) < 4.78 is 30.5. The third-order valence-corrected chi connectivity index (χ3v) is 5.64. The second-order valence-electron chi connectivity index (χ2n) is 7.86. The van der Waals surface area contributed by atoms with Crippen LogP contribution in [0, 0.1) is 0 Å². The fourth-order valence-corrected chi connectivity index (χ4v) is 3.98. The molecule has 0 heterocycles. The molecular weight excluding hydrogens is 434 g/mol.